The predicted molar refractivity (Wildman–Crippen MR) is 140 cm³/mol. The van der Waals surface area contributed by atoms with Gasteiger partial charge in [-0.15, -0.1) is 0 Å². The number of nitrogens with one attached hydrogen (secondary N) is 1. The van der Waals surface area contributed by atoms with E-state index in [4.69, 9.17) is 0 Å². The number of nitrogens with zero attached hydrogens (tertiary/aromatic N) is 2. The standard InChI is InChI=1S/C27H31N3O3S/c1-7-10-30-22-14-18(16(2)11-20(22)27(3,4)15-24(30)31)19-12-17(8-9-21(19)29(5)6)13-23-25(32)28-26(33)34-23/h8-9,11-14H,7,10,15H2,1-6H3,(H,28,32,33)/b23-13-. The number of carbonyl (C=O) groups is 3. The summed E-state index contributed by atoms with van der Waals surface area (Å²) < 4.78 is 0. The van der Waals surface area contributed by atoms with Crippen molar-refractivity contribution < 1.29 is 14.4 Å². The van der Waals surface area contributed by atoms with Gasteiger partial charge in [0.05, 0.1) is 4.91 Å². The summed E-state index contributed by atoms with van der Waals surface area (Å²) >= 11 is 0.915. The van der Waals surface area contributed by atoms with Gasteiger partial charge in [0.2, 0.25) is 5.91 Å². The van der Waals surface area contributed by atoms with Gasteiger partial charge in [-0.1, -0.05) is 32.9 Å². The quantitative estimate of drug-likeness (QED) is 0.578. The van der Waals surface area contributed by atoms with Crippen molar-refractivity contribution >= 4 is 46.3 Å². The molecule has 0 unspecified atom stereocenters. The summed E-state index contributed by atoms with van der Waals surface area (Å²) in [6.45, 7) is 9.16. The zero-order valence-corrected chi connectivity index (χ0v) is 21.4. The molecule has 0 atom stereocenters. The summed E-state index contributed by atoms with van der Waals surface area (Å²) in [5, 5.41) is 1.95. The predicted octanol–water partition coefficient (Wildman–Crippen LogP) is 5.48. The number of fused-ring (bicyclic) bond motifs is 1. The van der Waals surface area contributed by atoms with Gasteiger partial charge >= 0.3 is 0 Å². The summed E-state index contributed by atoms with van der Waals surface area (Å²) in [6.07, 6.45) is 3.14. The Morgan fingerprint density at radius 3 is 2.47 bits per heavy atom. The molecule has 1 N–H and O–H groups in total. The van der Waals surface area contributed by atoms with Crippen LogP contribution in [0.5, 0.6) is 0 Å². The van der Waals surface area contributed by atoms with Crippen molar-refractivity contribution in [1.82, 2.24) is 5.32 Å². The van der Waals surface area contributed by atoms with Crippen molar-refractivity contribution in [3.05, 3.63) is 51.9 Å². The van der Waals surface area contributed by atoms with Gasteiger partial charge < -0.3 is 9.80 Å². The first kappa shape index (κ1) is 24.1. The molecule has 178 valence electrons. The van der Waals surface area contributed by atoms with Crippen LogP contribution in [-0.4, -0.2) is 37.7 Å². The lowest BCUT2D eigenvalue weighted by Gasteiger charge is -2.39. The molecule has 6 nitrogen and oxygen atoms in total. The summed E-state index contributed by atoms with van der Waals surface area (Å²) in [6, 6.07) is 10.4. The maximum Gasteiger partial charge on any atom is 0.290 e. The van der Waals surface area contributed by atoms with Crippen molar-refractivity contribution in [3.8, 4) is 11.1 Å². The average molecular weight is 478 g/mol. The minimum absolute atomic E-state index is 0.161. The number of rotatable bonds is 5. The molecule has 1 fully saturated rings. The second-order valence-electron chi connectivity index (χ2n) is 9.81. The number of hydrogen-bond acceptors (Lipinski definition) is 5. The van der Waals surface area contributed by atoms with Crippen LogP contribution < -0.4 is 15.1 Å². The third kappa shape index (κ3) is 4.37. The SMILES string of the molecule is CCCN1C(=O)CC(C)(C)c2cc(C)c(-c3cc(/C=C4\SC(=O)NC4=O)ccc3N(C)C)cc21. The van der Waals surface area contributed by atoms with Crippen molar-refractivity contribution in [2.24, 2.45) is 0 Å². The van der Waals surface area contributed by atoms with Gasteiger partial charge in [0.1, 0.15) is 0 Å². The van der Waals surface area contributed by atoms with E-state index < -0.39 is 0 Å². The van der Waals surface area contributed by atoms with Crippen LogP contribution in [0, 0.1) is 6.92 Å². The molecule has 3 amide bonds. The number of hydrogen-bond donors (Lipinski definition) is 1. The highest BCUT2D eigenvalue weighted by Crippen LogP contribution is 2.45. The van der Waals surface area contributed by atoms with E-state index in [1.807, 2.05) is 37.2 Å². The van der Waals surface area contributed by atoms with E-state index >= 15 is 0 Å². The van der Waals surface area contributed by atoms with Crippen LogP contribution in [0.3, 0.4) is 0 Å². The molecular formula is C27H31N3O3S. The smallest absolute Gasteiger partial charge is 0.290 e. The Labute approximate surface area is 205 Å². The molecule has 0 bridgehead atoms. The topological polar surface area (TPSA) is 69.7 Å². The van der Waals surface area contributed by atoms with E-state index in [-0.39, 0.29) is 22.5 Å². The monoisotopic (exact) mass is 477 g/mol. The maximum absolute atomic E-state index is 13.0. The Bertz CT molecular complexity index is 1230. The molecule has 2 aromatic rings. The molecule has 2 aliphatic heterocycles. The molecule has 2 heterocycles. The number of imide groups is 1. The third-order valence-electron chi connectivity index (χ3n) is 6.44. The summed E-state index contributed by atoms with van der Waals surface area (Å²) in [4.78, 5) is 41.0. The van der Waals surface area contributed by atoms with Gasteiger partial charge in [-0.05, 0) is 71.6 Å². The van der Waals surface area contributed by atoms with Crippen LogP contribution >= 0.6 is 11.8 Å². The highest BCUT2D eigenvalue weighted by atomic mass is 32.2. The molecule has 0 spiro atoms. The number of carbonyl (C=O) groups excluding carboxylic acids is 3. The van der Waals surface area contributed by atoms with Gasteiger partial charge in [-0.2, -0.15) is 0 Å². The zero-order chi connectivity index (χ0) is 24.8. The maximum atomic E-state index is 13.0. The molecule has 4 rings (SSSR count). The Balaban J connectivity index is 1.90. The van der Waals surface area contributed by atoms with Crippen LogP contribution in [-0.2, 0) is 15.0 Å². The number of amides is 3. The second-order valence-corrected chi connectivity index (χ2v) is 10.8. The van der Waals surface area contributed by atoms with E-state index in [2.05, 4.69) is 50.0 Å². The van der Waals surface area contributed by atoms with E-state index in [1.165, 1.54) is 5.56 Å². The Hall–Kier alpha value is -3.06. The van der Waals surface area contributed by atoms with E-state index in [0.29, 0.717) is 17.9 Å². The van der Waals surface area contributed by atoms with Crippen LogP contribution in [0.2, 0.25) is 0 Å². The van der Waals surface area contributed by atoms with Gasteiger partial charge in [-0.3, -0.25) is 19.7 Å². The highest BCUT2D eigenvalue weighted by molar-refractivity contribution is 8.18. The lowest BCUT2D eigenvalue weighted by Crippen LogP contribution is -2.42. The Morgan fingerprint density at radius 2 is 1.85 bits per heavy atom. The molecule has 1 saturated heterocycles. The van der Waals surface area contributed by atoms with Gasteiger partial charge in [0.25, 0.3) is 11.1 Å². The lowest BCUT2D eigenvalue weighted by atomic mass is 9.75. The lowest BCUT2D eigenvalue weighted by molar-refractivity contribution is -0.120. The van der Waals surface area contributed by atoms with E-state index in [9.17, 15) is 14.4 Å². The van der Waals surface area contributed by atoms with Crippen molar-refractivity contribution in [2.75, 3.05) is 30.4 Å². The highest BCUT2D eigenvalue weighted by Gasteiger charge is 2.37. The molecule has 0 radical (unpaired) electrons. The number of thioether (sulfide) groups is 1. The molecule has 0 aliphatic carbocycles. The summed E-state index contributed by atoms with van der Waals surface area (Å²) in [5.74, 6) is -0.205. The summed E-state index contributed by atoms with van der Waals surface area (Å²) in [5.41, 5.74) is 7.03. The van der Waals surface area contributed by atoms with Gasteiger partial charge in [0.15, 0.2) is 0 Å². The molecule has 34 heavy (non-hydrogen) atoms. The largest absolute Gasteiger partial charge is 0.377 e. The minimum atomic E-state index is -0.367. The summed E-state index contributed by atoms with van der Waals surface area (Å²) in [7, 11) is 4.00. The molecule has 0 aromatic heterocycles. The Morgan fingerprint density at radius 1 is 1.12 bits per heavy atom. The fourth-order valence-corrected chi connectivity index (χ4v) is 5.43. The average Bonchev–Trinajstić information content (AvgIpc) is 3.07. The fraction of sp³-hybridized carbons (Fsp3) is 0.370. The zero-order valence-electron chi connectivity index (χ0n) is 20.6. The Kier molecular flexibility index (Phi) is 6.34. The van der Waals surface area contributed by atoms with Crippen LogP contribution in [0.4, 0.5) is 16.2 Å². The molecule has 2 aliphatic rings. The van der Waals surface area contributed by atoms with Crippen molar-refractivity contribution in [3.63, 3.8) is 0 Å². The molecular weight excluding hydrogens is 446 g/mol. The second kappa shape index (κ2) is 8.95. The first-order valence-electron chi connectivity index (χ1n) is 11.5. The third-order valence-corrected chi connectivity index (χ3v) is 7.25. The van der Waals surface area contributed by atoms with Crippen LogP contribution in [0.15, 0.2) is 35.2 Å². The fourth-order valence-electron chi connectivity index (χ4n) is 4.75. The first-order valence-corrected chi connectivity index (χ1v) is 12.4. The minimum Gasteiger partial charge on any atom is -0.377 e. The van der Waals surface area contributed by atoms with Crippen LogP contribution in [0.25, 0.3) is 17.2 Å². The van der Waals surface area contributed by atoms with Crippen LogP contribution in [0.1, 0.15) is 50.3 Å². The molecule has 7 heteroatoms. The number of anilines is 2. The number of aryl methyl sites for hydroxylation is 1. The van der Waals surface area contributed by atoms with Gasteiger partial charge in [0, 0.05) is 49.4 Å². The van der Waals surface area contributed by atoms with E-state index in [0.717, 1.165) is 51.8 Å². The molecule has 2 aromatic carbocycles. The molecule has 0 saturated carbocycles. The number of benzene rings is 2. The van der Waals surface area contributed by atoms with Crippen molar-refractivity contribution in [1.29, 1.82) is 0 Å². The van der Waals surface area contributed by atoms with E-state index in [1.54, 1.807) is 6.08 Å². The van der Waals surface area contributed by atoms with Gasteiger partial charge in [-0.25, -0.2) is 0 Å². The van der Waals surface area contributed by atoms with Crippen molar-refractivity contribution in [2.45, 2.75) is 46.0 Å². The normalized spacial score (nSPS) is 18.4. The first-order chi connectivity index (χ1) is 16.0.